The van der Waals surface area contributed by atoms with Gasteiger partial charge in [0.05, 0.1) is 10.7 Å². The summed E-state index contributed by atoms with van der Waals surface area (Å²) in [6.07, 6.45) is 0.670. The highest BCUT2D eigenvalue weighted by Gasteiger charge is 2.10. The van der Waals surface area contributed by atoms with Crippen LogP contribution in [0.15, 0.2) is 23.6 Å². The molecule has 5 nitrogen and oxygen atoms in total. The van der Waals surface area contributed by atoms with Crippen LogP contribution < -0.4 is 15.8 Å². The molecule has 3 N–H and O–H groups in total. The topological polar surface area (TPSA) is 77.2 Å². The van der Waals surface area contributed by atoms with Crippen molar-refractivity contribution in [1.29, 1.82) is 0 Å². The van der Waals surface area contributed by atoms with Crippen LogP contribution >= 0.6 is 34.5 Å². The van der Waals surface area contributed by atoms with Gasteiger partial charge in [-0.15, -0.1) is 11.3 Å². The van der Waals surface area contributed by atoms with E-state index in [1.807, 2.05) is 12.3 Å². The van der Waals surface area contributed by atoms with Crippen molar-refractivity contribution < 1.29 is 9.53 Å². The molecular weight excluding hydrogens is 345 g/mol. The van der Waals surface area contributed by atoms with E-state index in [-0.39, 0.29) is 18.6 Å². The van der Waals surface area contributed by atoms with E-state index in [0.29, 0.717) is 27.3 Å². The number of halogens is 2. The van der Waals surface area contributed by atoms with E-state index < -0.39 is 0 Å². The Morgan fingerprint density at radius 3 is 2.95 bits per heavy atom. The van der Waals surface area contributed by atoms with Crippen LogP contribution in [0, 0.1) is 0 Å². The molecule has 0 saturated heterocycles. The number of carbonyl (C=O) groups excluding carboxylic acids is 1. The lowest BCUT2D eigenvalue weighted by atomic mass is 10.2. The molecule has 0 aliphatic carbocycles. The SMILES string of the molecule is CC(N)Cc1csc(NC(=O)COc2ccc(Cl)cc2Cl)n1. The van der Waals surface area contributed by atoms with Gasteiger partial charge in [-0.1, -0.05) is 23.2 Å². The first kappa shape index (κ1) is 17.0. The smallest absolute Gasteiger partial charge is 0.264 e. The molecule has 0 spiro atoms. The summed E-state index contributed by atoms with van der Waals surface area (Å²) in [6, 6.07) is 4.84. The standard InChI is InChI=1S/C14H15Cl2N3O2S/c1-8(17)4-10-7-22-14(18-10)19-13(20)6-21-12-3-2-9(15)5-11(12)16/h2-3,5,7-8H,4,6,17H2,1H3,(H,18,19,20). The van der Waals surface area contributed by atoms with E-state index in [0.717, 1.165) is 5.69 Å². The molecule has 1 unspecified atom stereocenters. The third-order valence-electron chi connectivity index (χ3n) is 2.58. The molecule has 2 rings (SSSR count). The summed E-state index contributed by atoms with van der Waals surface area (Å²) < 4.78 is 5.35. The van der Waals surface area contributed by atoms with Crippen molar-refractivity contribution in [3.05, 3.63) is 39.3 Å². The average Bonchev–Trinajstić information content (AvgIpc) is 2.84. The third-order valence-corrected chi connectivity index (χ3v) is 3.92. The molecule has 0 saturated carbocycles. The maximum atomic E-state index is 11.8. The van der Waals surface area contributed by atoms with E-state index in [4.69, 9.17) is 33.7 Å². The van der Waals surface area contributed by atoms with Gasteiger partial charge in [-0.05, 0) is 25.1 Å². The van der Waals surface area contributed by atoms with Crippen LogP contribution in [0.3, 0.4) is 0 Å². The highest BCUT2D eigenvalue weighted by atomic mass is 35.5. The molecule has 0 radical (unpaired) electrons. The fourth-order valence-corrected chi connectivity index (χ4v) is 2.88. The van der Waals surface area contributed by atoms with Crippen LogP contribution in [0.5, 0.6) is 5.75 Å². The van der Waals surface area contributed by atoms with Gasteiger partial charge in [0.1, 0.15) is 5.75 Å². The summed E-state index contributed by atoms with van der Waals surface area (Å²) in [4.78, 5) is 16.1. The summed E-state index contributed by atoms with van der Waals surface area (Å²) in [6.45, 7) is 1.74. The number of nitrogens with two attached hydrogens (primary N) is 1. The number of thiazole rings is 1. The van der Waals surface area contributed by atoms with Crippen molar-refractivity contribution in [3.8, 4) is 5.75 Å². The Bertz CT molecular complexity index is 661. The number of anilines is 1. The quantitative estimate of drug-likeness (QED) is 0.828. The zero-order valence-electron chi connectivity index (χ0n) is 11.8. The maximum absolute atomic E-state index is 11.8. The molecule has 1 amide bonds. The molecule has 0 aliphatic rings. The number of nitrogens with one attached hydrogen (secondary N) is 1. The number of hydrogen-bond acceptors (Lipinski definition) is 5. The van der Waals surface area contributed by atoms with Gasteiger partial charge < -0.3 is 10.5 Å². The number of carbonyl (C=O) groups is 1. The number of ether oxygens (including phenoxy) is 1. The number of aromatic nitrogens is 1. The second-order valence-electron chi connectivity index (χ2n) is 4.74. The first-order valence-electron chi connectivity index (χ1n) is 6.51. The largest absolute Gasteiger partial charge is 0.482 e. The lowest BCUT2D eigenvalue weighted by Gasteiger charge is -2.07. The molecule has 1 heterocycles. The number of hydrogen-bond donors (Lipinski definition) is 2. The van der Waals surface area contributed by atoms with Crippen molar-refractivity contribution in [3.63, 3.8) is 0 Å². The summed E-state index contributed by atoms with van der Waals surface area (Å²) in [7, 11) is 0. The average molecular weight is 360 g/mol. The van der Waals surface area contributed by atoms with E-state index in [1.165, 1.54) is 11.3 Å². The highest BCUT2D eigenvalue weighted by molar-refractivity contribution is 7.13. The Morgan fingerprint density at radius 2 is 2.27 bits per heavy atom. The van der Waals surface area contributed by atoms with Gasteiger partial charge >= 0.3 is 0 Å². The number of nitrogens with zero attached hydrogens (tertiary/aromatic N) is 1. The van der Waals surface area contributed by atoms with Gasteiger partial charge in [0.15, 0.2) is 11.7 Å². The van der Waals surface area contributed by atoms with Gasteiger partial charge in [-0.25, -0.2) is 4.98 Å². The van der Waals surface area contributed by atoms with Crippen LogP contribution in [-0.2, 0) is 11.2 Å². The van der Waals surface area contributed by atoms with E-state index in [9.17, 15) is 4.79 Å². The lowest BCUT2D eigenvalue weighted by molar-refractivity contribution is -0.118. The predicted octanol–water partition coefficient (Wildman–Crippen LogP) is 3.36. The summed E-state index contributed by atoms with van der Waals surface area (Å²) in [5, 5.41) is 5.92. The van der Waals surface area contributed by atoms with Crippen molar-refractivity contribution in [2.24, 2.45) is 5.73 Å². The Hall–Kier alpha value is -1.34. The fourth-order valence-electron chi connectivity index (χ4n) is 1.68. The van der Waals surface area contributed by atoms with E-state index in [2.05, 4.69) is 10.3 Å². The van der Waals surface area contributed by atoms with Gasteiger partial charge in [0.25, 0.3) is 5.91 Å². The predicted molar refractivity (Wildman–Crippen MR) is 90.1 cm³/mol. The van der Waals surface area contributed by atoms with Crippen molar-refractivity contribution >= 4 is 45.6 Å². The van der Waals surface area contributed by atoms with E-state index in [1.54, 1.807) is 18.2 Å². The zero-order valence-corrected chi connectivity index (χ0v) is 14.1. The molecule has 1 aromatic carbocycles. The molecule has 1 aromatic heterocycles. The summed E-state index contributed by atoms with van der Waals surface area (Å²) >= 11 is 13.1. The van der Waals surface area contributed by atoms with Crippen LogP contribution in [0.25, 0.3) is 0 Å². The Balaban J connectivity index is 1.86. The Kier molecular flexibility index (Phi) is 6.02. The minimum absolute atomic E-state index is 0.0287. The molecule has 0 fully saturated rings. The Labute approximate surface area is 142 Å². The summed E-state index contributed by atoms with van der Waals surface area (Å²) in [5.74, 6) is 0.0886. The van der Waals surface area contributed by atoms with Crippen LogP contribution in [0.4, 0.5) is 5.13 Å². The molecular formula is C14H15Cl2N3O2S. The normalized spacial score (nSPS) is 12.0. The third kappa shape index (κ3) is 5.14. The number of amides is 1. The lowest BCUT2D eigenvalue weighted by Crippen LogP contribution is -2.20. The maximum Gasteiger partial charge on any atom is 0.264 e. The van der Waals surface area contributed by atoms with Crippen molar-refractivity contribution in [1.82, 2.24) is 4.98 Å². The van der Waals surface area contributed by atoms with Crippen molar-refractivity contribution in [2.45, 2.75) is 19.4 Å². The summed E-state index contributed by atoms with van der Waals surface area (Å²) in [5.41, 5.74) is 6.57. The van der Waals surface area contributed by atoms with Crippen molar-refractivity contribution in [2.75, 3.05) is 11.9 Å². The minimum Gasteiger partial charge on any atom is -0.482 e. The van der Waals surface area contributed by atoms with Gasteiger partial charge in [-0.2, -0.15) is 0 Å². The van der Waals surface area contributed by atoms with Gasteiger partial charge in [0, 0.05) is 22.9 Å². The zero-order chi connectivity index (χ0) is 16.1. The monoisotopic (exact) mass is 359 g/mol. The second-order valence-corrected chi connectivity index (χ2v) is 6.44. The fraction of sp³-hybridized carbons (Fsp3) is 0.286. The number of rotatable bonds is 6. The van der Waals surface area contributed by atoms with Crippen LogP contribution in [-0.4, -0.2) is 23.5 Å². The molecule has 2 aromatic rings. The van der Waals surface area contributed by atoms with Crippen LogP contribution in [0.1, 0.15) is 12.6 Å². The second kappa shape index (κ2) is 7.78. The van der Waals surface area contributed by atoms with Gasteiger partial charge in [0.2, 0.25) is 0 Å². The first-order valence-corrected chi connectivity index (χ1v) is 8.15. The van der Waals surface area contributed by atoms with Gasteiger partial charge in [-0.3, -0.25) is 10.1 Å². The molecule has 118 valence electrons. The first-order chi connectivity index (χ1) is 10.4. The Morgan fingerprint density at radius 1 is 1.50 bits per heavy atom. The molecule has 1 atom stereocenters. The molecule has 0 aliphatic heterocycles. The highest BCUT2D eigenvalue weighted by Crippen LogP contribution is 2.27. The minimum atomic E-state index is -0.312. The molecule has 0 bridgehead atoms. The molecule has 22 heavy (non-hydrogen) atoms. The number of benzene rings is 1. The van der Waals surface area contributed by atoms with Crippen LogP contribution in [0.2, 0.25) is 10.0 Å². The molecule has 8 heteroatoms. The van der Waals surface area contributed by atoms with E-state index >= 15 is 0 Å².